The molecule has 0 bridgehead atoms. The standard InChI is InChI=1S/C18H28O6.C16H34O7.C13H12O4/c1-3-18(22)24-13-9-5-7-11-17(21)14-16(20)10-6-4-8-12-23-15(2)19;1-17-7-15(8-18-2,9-19-3)13-23-14-16(10-20-4,11-21-5)12-22-6;1-5-9(14)13(10(15)6-2,11(16)7-3)12(17)8-4/h3H,1,4-14H2,2H3;7-14H2,1-6H3;5-8H,1-4H2. The van der Waals surface area contributed by atoms with Crippen molar-refractivity contribution in [2.75, 3.05) is 109 Å². The number of esters is 2. The molecule has 0 aromatic rings. The van der Waals surface area contributed by atoms with Crippen LogP contribution in [0, 0.1) is 16.2 Å². The van der Waals surface area contributed by atoms with Crippen LogP contribution in [0.5, 0.6) is 0 Å². The van der Waals surface area contributed by atoms with Gasteiger partial charge in [0, 0.05) is 68.5 Å². The maximum atomic E-state index is 11.7. The fourth-order valence-corrected chi connectivity index (χ4v) is 6.21. The summed E-state index contributed by atoms with van der Waals surface area (Å²) in [6.07, 6.45) is 9.26. The Morgan fingerprint density at radius 3 is 1.00 bits per heavy atom. The summed E-state index contributed by atoms with van der Waals surface area (Å²) in [4.78, 5) is 91.5. The molecule has 17 heteroatoms. The SMILES string of the molecule is C=CC(=O)C(C(=O)C=C)(C(=O)C=C)C(=O)C=C.C=CC(=O)OCCCCCC(=O)CC(=O)CCCCCOC(C)=O.COCC(COC)(COC)COCC(COC)(COC)COC. The Morgan fingerprint density at radius 2 is 0.734 bits per heavy atom. The maximum absolute atomic E-state index is 11.7. The molecule has 0 spiro atoms. The van der Waals surface area contributed by atoms with Crippen LogP contribution in [0.2, 0.25) is 0 Å². The van der Waals surface area contributed by atoms with Crippen LogP contribution >= 0.6 is 0 Å². The molecule has 0 aliphatic rings. The second-order valence-electron chi connectivity index (χ2n) is 14.7. The second kappa shape index (κ2) is 38.8. The fraction of sp³-hybridized carbons (Fsp3) is 0.617. The number of hydrogen-bond acceptors (Lipinski definition) is 17. The number of hydrogen-bond donors (Lipinski definition) is 0. The Bertz CT molecular complexity index is 1340. The first-order chi connectivity index (χ1) is 30.4. The zero-order valence-corrected chi connectivity index (χ0v) is 39.3. The number of carbonyl (C=O) groups excluding carboxylic acids is 8. The maximum Gasteiger partial charge on any atom is 0.330 e. The van der Waals surface area contributed by atoms with Crippen molar-refractivity contribution in [1.82, 2.24) is 0 Å². The van der Waals surface area contributed by atoms with Gasteiger partial charge in [-0.05, 0) is 62.8 Å². The zero-order chi connectivity index (χ0) is 49.5. The molecule has 0 amide bonds. The van der Waals surface area contributed by atoms with Crippen LogP contribution in [0.3, 0.4) is 0 Å². The second-order valence-corrected chi connectivity index (χ2v) is 14.7. The van der Waals surface area contributed by atoms with E-state index in [0.29, 0.717) is 98.2 Å². The molecule has 0 unspecified atom stereocenters. The van der Waals surface area contributed by atoms with E-state index < -0.39 is 34.5 Å². The minimum absolute atomic E-state index is 0.00457. The molecule has 17 nitrogen and oxygen atoms in total. The molecule has 0 saturated heterocycles. The van der Waals surface area contributed by atoms with E-state index in [-0.39, 0.29) is 34.8 Å². The number of ketones is 6. The summed E-state index contributed by atoms with van der Waals surface area (Å²) < 4.78 is 47.6. The first-order valence-corrected chi connectivity index (χ1v) is 20.6. The van der Waals surface area contributed by atoms with Gasteiger partial charge in [-0.15, -0.1) is 0 Å². The number of Topliss-reactive ketones (excluding diaryl/α,β-unsaturated/α-hetero) is 2. The highest BCUT2D eigenvalue weighted by atomic mass is 16.5. The molecule has 0 aliphatic carbocycles. The number of ether oxygens (including phenoxy) is 9. The quantitative estimate of drug-likeness (QED) is 0.0351. The highest BCUT2D eigenvalue weighted by Crippen LogP contribution is 2.27. The Balaban J connectivity index is -0.000000886. The fourth-order valence-electron chi connectivity index (χ4n) is 6.21. The van der Waals surface area contributed by atoms with Crippen LogP contribution in [-0.4, -0.2) is 155 Å². The highest BCUT2D eigenvalue weighted by molar-refractivity contribution is 6.45. The predicted octanol–water partition coefficient (Wildman–Crippen LogP) is 4.78. The van der Waals surface area contributed by atoms with Crippen molar-refractivity contribution in [3.63, 3.8) is 0 Å². The Kier molecular flexibility index (Phi) is 38.6. The van der Waals surface area contributed by atoms with E-state index in [4.69, 9.17) is 42.6 Å². The van der Waals surface area contributed by atoms with E-state index >= 15 is 0 Å². The monoisotopic (exact) mass is 910 g/mol. The molecule has 0 heterocycles. The lowest BCUT2D eigenvalue weighted by atomic mass is 9.71. The first-order valence-electron chi connectivity index (χ1n) is 20.6. The molecular weight excluding hydrogens is 837 g/mol. The average molecular weight is 911 g/mol. The lowest BCUT2D eigenvalue weighted by molar-refractivity contribution is -0.148. The topological polar surface area (TPSA) is 220 Å². The molecule has 0 aromatic heterocycles. The summed E-state index contributed by atoms with van der Waals surface area (Å²) in [5, 5.41) is 0. The highest BCUT2D eigenvalue weighted by Gasteiger charge is 2.53. The van der Waals surface area contributed by atoms with Crippen LogP contribution in [0.1, 0.15) is 64.7 Å². The van der Waals surface area contributed by atoms with Gasteiger partial charge in [0.1, 0.15) is 11.6 Å². The number of methoxy groups -OCH3 is 6. The van der Waals surface area contributed by atoms with E-state index in [2.05, 4.69) is 32.9 Å². The zero-order valence-electron chi connectivity index (χ0n) is 39.3. The van der Waals surface area contributed by atoms with E-state index in [1.807, 2.05) is 0 Å². The minimum Gasteiger partial charge on any atom is -0.466 e. The molecule has 0 radical (unpaired) electrons. The molecule has 0 saturated carbocycles. The first kappa shape index (κ1) is 63.7. The van der Waals surface area contributed by atoms with E-state index in [0.717, 1.165) is 49.6 Å². The molecule has 0 fully saturated rings. The number of unbranched alkanes of at least 4 members (excludes halogenated alkanes) is 4. The Hall–Kier alpha value is -4.62. The predicted molar refractivity (Wildman–Crippen MR) is 240 cm³/mol. The number of allylic oxidation sites excluding steroid dienone is 4. The van der Waals surface area contributed by atoms with Gasteiger partial charge in [0.25, 0.3) is 0 Å². The molecular formula is C47H74O17. The average Bonchev–Trinajstić information content (AvgIpc) is 3.26. The van der Waals surface area contributed by atoms with Crippen LogP contribution in [0.25, 0.3) is 0 Å². The number of rotatable bonds is 39. The lowest BCUT2D eigenvalue weighted by Gasteiger charge is -2.35. The summed E-state index contributed by atoms with van der Waals surface area (Å²) in [5.74, 6) is -4.88. The molecule has 64 heavy (non-hydrogen) atoms. The Labute approximate surface area is 379 Å². The molecule has 0 atom stereocenters. The van der Waals surface area contributed by atoms with Gasteiger partial charge in [0.15, 0.2) is 23.1 Å². The van der Waals surface area contributed by atoms with Crippen LogP contribution in [0.15, 0.2) is 63.3 Å². The van der Waals surface area contributed by atoms with Crippen molar-refractivity contribution in [1.29, 1.82) is 0 Å². The van der Waals surface area contributed by atoms with Crippen LogP contribution in [-0.2, 0) is 81.0 Å². The summed E-state index contributed by atoms with van der Waals surface area (Å²) in [5.41, 5.74) is -3.19. The van der Waals surface area contributed by atoms with Crippen LogP contribution in [0.4, 0.5) is 0 Å². The van der Waals surface area contributed by atoms with Gasteiger partial charge in [-0.25, -0.2) is 4.79 Å². The van der Waals surface area contributed by atoms with E-state index in [1.165, 1.54) is 6.92 Å². The molecule has 364 valence electrons. The third-order valence-corrected chi connectivity index (χ3v) is 9.05. The summed E-state index contributed by atoms with van der Waals surface area (Å²) in [6, 6.07) is 0. The van der Waals surface area contributed by atoms with Gasteiger partial charge in [0.05, 0.1) is 83.3 Å². The third kappa shape index (κ3) is 26.2. The van der Waals surface area contributed by atoms with Crippen molar-refractivity contribution in [2.45, 2.75) is 64.7 Å². The Morgan fingerprint density at radius 1 is 0.422 bits per heavy atom. The summed E-state index contributed by atoms with van der Waals surface area (Å²) in [6.45, 7) is 21.8. The van der Waals surface area contributed by atoms with Gasteiger partial charge in [0.2, 0.25) is 5.41 Å². The minimum atomic E-state index is -2.49. The normalized spacial score (nSPS) is 11.0. The van der Waals surface area contributed by atoms with Crippen molar-refractivity contribution in [2.24, 2.45) is 16.2 Å². The third-order valence-electron chi connectivity index (χ3n) is 9.05. The van der Waals surface area contributed by atoms with Gasteiger partial charge >= 0.3 is 11.9 Å². The van der Waals surface area contributed by atoms with Gasteiger partial charge in [-0.3, -0.25) is 33.6 Å². The van der Waals surface area contributed by atoms with E-state index in [9.17, 15) is 38.4 Å². The van der Waals surface area contributed by atoms with Gasteiger partial charge in [-0.1, -0.05) is 32.9 Å². The lowest BCUT2D eigenvalue weighted by Crippen LogP contribution is -2.50. The molecule has 0 aliphatic heterocycles. The largest absolute Gasteiger partial charge is 0.466 e. The van der Waals surface area contributed by atoms with E-state index in [1.54, 1.807) is 42.7 Å². The number of carbonyl (C=O) groups is 8. The summed E-state index contributed by atoms with van der Waals surface area (Å²) >= 11 is 0. The van der Waals surface area contributed by atoms with Crippen molar-refractivity contribution in [3.8, 4) is 0 Å². The van der Waals surface area contributed by atoms with Crippen LogP contribution < -0.4 is 0 Å². The molecule has 0 N–H and O–H groups in total. The van der Waals surface area contributed by atoms with Crippen molar-refractivity contribution < 1.29 is 81.0 Å². The van der Waals surface area contributed by atoms with Gasteiger partial charge in [-0.2, -0.15) is 0 Å². The smallest absolute Gasteiger partial charge is 0.330 e. The van der Waals surface area contributed by atoms with Crippen molar-refractivity contribution in [3.05, 3.63) is 63.3 Å². The molecule has 0 rings (SSSR count). The summed E-state index contributed by atoms with van der Waals surface area (Å²) in [7, 11) is 9.95. The van der Waals surface area contributed by atoms with Crippen molar-refractivity contribution >= 4 is 46.6 Å². The molecule has 0 aromatic carbocycles. The van der Waals surface area contributed by atoms with Gasteiger partial charge < -0.3 is 42.6 Å².